The number of aryl methyl sites for hydroxylation is 1. The summed E-state index contributed by atoms with van der Waals surface area (Å²) in [7, 11) is 4.06. The number of aromatic nitrogens is 2. The maximum absolute atomic E-state index is 12.5. The summed E-state index contributed by atoms with van der Waals surface area (Å²) in [6, 6.07) is 12.3. The zero-order valence-corrected chi connectivity index (χ0v) is 21.7. The van der Waals surface area contributed by atoms with Crippen molar-refractivity contribution in [2.24, 2.45) is 13.0 Å². The SMILES string of the molecule is CN1CCC(CCOc2ccc(NC(=O)Nc3ccc(Cl)cc3)cc2-c2c(Br)cnn2C)CC1. The minimum Gasteiger partial charge on any atom is -0.493 e. The number of hydrogen-bond acceptors (Lipinski definition) is 4. The number of benzene rings is 2. The quantitative estimate of drug-likeness (QED) is 0.367. The Morgan fingerprint density at radius 3 is 2.47 bits per heavy atom. The topological polar surface area (TPSA) is 71.4 Å². The van der Waals surface area contributed by atoms with Gasteiger partial charge in [-0.1, -0.05) is 11.6 Å². The average molecular weight is 547 g/mol. The Morgan fingerprint density at radius 1 is 1.12 bits per heavy atom. The highest BCUT2D eigenvalue weighted by Gasteiger charge is 2.19. The van der Waals surface area contributed by atoms with Gasteiger partial charge in [0.15, 0.2) is 0 Å². The Bertz CT molecular complexity index is 1110. The molecule has 2 amide bonds. The largest absolute Gasteiger partial charge is 0.493 e. The number of hydrogen-bond donors (Lipinski definition) is 2. The van der Waals surface area contributed by atoms with Crippen molar-refractivity contribution < 1.29 is 9.53 Å². The number of carbonyl (C=O) groups is 1. The van der Waals surface area contributed by atoms with Crippen molar-refractivity contribution >= 4 is 44.9 Å². The van der Waals surface area contributed by atoms with Crippen molar-refractivity contribution in [3.63, 3.8) is 0 Å². The third kappa shape index (κ3) is 6.31. The molecule has 9 heteroatoms. The van der Waals surface area contributed by atoms with Gasteiger partial charge in [0, 0.05) is 29.0 Å². The van der Waals surface area contributed by atoms with Gasteiger partial charge < -0.3 is 20.3 Å². The first-order valence-electron chi connectivity index (χ1n) is 11.4. The number of nitrogens with one attached hydrogen (secondary N) is 2. The van der Waals surface area contributed by atoms with Gasteiger partial charge in [-0.05, 0) is 104 Å². The predicted molar refractivity (Wildman–Crippen MR) is 141 cm³/mol. The van der Waals surface area contributed by atoms with Gasteiger partial charge in [0.05, 0.1) is 23.0 Å². The molecule has 3 aromatic rings. The Kier molecular flexibility index (Phi) is 8.13. The van der Waals surface area contributed by atoms with E-state index in [1.165, 1.54) is 12.8 Å². The second kappa shape index (κ2) is 11.3. The highest BCUT2D eigenvalue weighted by molar-refractivity contribution is 9.10. The van der Waals surface area contributed by atoms with E-state index < -0.39 is 0 Å². The normalized spacial score (nSPS) is 14.7. The molecule has 0 unspecified atom stereocenters. The van der Waals surface area contributed by atoms with Crippen LogP contribution >= 0.6 is 27.5 Å². The van der Waals surface area contributed by atoms with Crippen LogP contribution in [0.4, 0.5) is 16.2 Å². The van der Waals surface area contributed by atoms with E-state index in [1.807, 2.05) is 25.2 Å². The van der Waals surface area contributed by atoms with E-state index in [-0.39, 0.29) is 6.03 Å². The summed E-state index contributed by atoms with van der Waals surface area (Å²) in [5.74, 6) is 1.46. The first-order chi connectivity index (χ1) is 16.4. The molecule has 180 valence electrons. The molecule has 34 heavy (non-hydrogen) atoms. The molecule has 1 aromatic heterocycles. The molecule has 0 bridgehead atoms. The van der Waals surface area contributed by atoms with E-state index >= 15 is 0 Å². The number of anilines is 2. The number of piperidine rings is 1. The van der Waals surface area contributed by atoms with Gasteiger partial charge in [-0.2, -0.15) is 5.10 Å². The van der Waals surface area contributed by atoms with Gasteiger partial charge in [-0.15, -0.1) is 0 Å². The number of urea groups is 1. The standard InChI is InChI=1S/C25H29BrClN5O2/c1-31-12-9-17(10-13-31)11-14-34-23-8-7-20(15-21(23)24-22(26)16-28-32(24)2)30-25(33)29-19-5-3-18(27)4-6-19/h3-8,15-17H,9-14H2,1-2H3,(H2,29,30,33). The van der Waals surface area contributed by atoms with Crippen LogP contribution < -0.4 is 15.4 Å². The maximum Gasteiger partial charge on any atom is 0.323 e. The number of amides is 2. The van der Waals surface area contributed by atoms with Crippen LogP contribution in [0.3, 0.4) is 0 Å². The number of ether oxygens (including phenoxy) is 1. The highest BCUT2D eigenvalue weighted by atomic mass is 79.9. The number of rotatable bonds is 7. The molecule has 0 saturated carbocycles. The zero-order valence-electron chi connectivity index (χ0n) is 19.4. The molecule has 0 spiro atoms. The van der Waals surface area contributed by atoms with Crippen molar-refractivity contribution in [1.29, 1.82) is 0 Å². The Hall–Kier alpha value is -2.55. The lowest BCUT2D eigenvalue weighted by Gasteiger charge is -2.28. The number of carbonyl (C=O) groups excluding carboxylic acids is 1. The van der Waals surface area contributed by atoms with E-state index in [1.54, 1.807) is 35.1 Å². The lowest BCUT2D eigenvalue weighted by Crippen LogP contribution is -2.30. The lowest BCUT2D eigenvalue weighted by molar-refractivity contribution is 0.188. The Labute approximate surface area is 213 Å². The summed E-state index contributed by atoms with van der Waals surface area (Å²) in [5, 5.41) is 10.7. The molecule has 0 aliphatic carbocycles. The average Bonchev–Trinajstić information content (AvgIpc) is 3.15. The molecule has 4 rings (SSSR count). The smallest absolute Gasteiger partial charge is 0.323 e. The first kappa shape index (κ1) is 24.6. The van der Waals surface area contributed by atoms with Crippen molar-refractivity contribution in [1.82, 2.24) is 14.7 Å². The third-order valence-electron chi connectivity index (χ3n) is 6.11. The Morgan fingerprint density at radius 2 is 1.79 bits per heavy atom. The monoisotopic (exact) mass is 545 g/mol. The molecule has 0 atom stereocenters. The zero-order chi connectivity index (χ0) is 24.1. The maximum atomic E-state index is 12.5. The predicted octanol–water partition coefficient (Wildman–Crippen LogP) is 6.26. The van der Waals surface area contributed by atoms with Crippen LogP contribution in [-0.2, 0) is 7.05 Å². The number of nitrogens with zero attached hydrogens (tertiary/aromatic N) is 3. The molecule has 1 fully saturated rings. The fraction of sp³-hybridized carbons (Fsp3) is 0.360. The molecular weight excluding hydrogens is 518 g/mol. The molecule has 2 heterocycles. The molecule has 7 nitrogen and oxygen atoms in total. The van der Waals surface area contributed by atoms with Gasteiger partial charge in [-0.3, -0.25) is 4.68 Å². The summed E-state index contributed by atoms with van der Waals surface area (Å²) in [6.07, 6.45) is 5.21. The van der Waals surface area contributed by atoms with Crippen LogP contribution in [0.2, 0.25) is 5.02 Å². The summed E-state index contributed by atoms with van der Waals surface area (Å²) in [5.41, 5.74) is 3.05. The van der Waals surface area contributed by atoms with Crippen LogP contribution in [0.15, 0.2) is 53.1 Å². The fourth-order valence-corrected chi connectivity index (χ4v) is 4.83. The first-order valence-corrected chi connectivity index (χ1v) is 12.5. The third-order valence-corrected chi connectivity index (χ3v) is 6.94. The minimum absolute atomic E-state index is 0.340. The van der Waals surface area contributed by atoms with Crippen LogP contribution in [0.5, 0.6) is 5.75 Å². The van der Waals surface area contributed by atoms with Gasteiger partial charge in [0.25, 0.3) is 0 Å². The summed E-state index contributed by atoms with van der Waals surface area (Å²) in [4.78, 5) is 14.9. The van der Waals surface area contributed by atoms with E-state index in [2.05, 4.69) is 43.6 Å². The molecular formula is C25H29BrClN5O2. The molecule has 1 aliphatic rings. The van der Waals surface area contributed by atoms with Crippen molar-refractivity contribution in [2.45, 2.75) is 19.3 Å². The minimum atomic E-state index is -0.340. The molecule has 2 aromatic carbocycles. The van der Waals surface area contributed by atoms with Crippen molar-refractivity contribution in [2.75, 3.05) is 37.4 Å². The van der Waals surface area contributed by atoms with E-state index in [0.29, 0.717) is 28.9 Å². The van der Waals surface area contributed by atoms with Crippen molar-refractivity contribution in [3.8, 4) is 17.0 Å². The lowest BCUT2D eigenvalue weighted by atomic mass is 9.94. The van der Waals surface area contributed by atoms with E-state index in [9.17, 15) is 4.79 Å². The van der Waals surface area contributed by atoms with E-state index in [4.69, 9.17) is 16.3 Å². The molecule has 2 N–H and O–H groups in total. The second-order valence-electron chi connectivity index (χ2n) is 8.65. The highest BCUT2D eigenvalue weighted by Crippen LogP contribution is 2.37. The molecule has 1 aliphatic heterocycles. The summed E-state index contributed by atoms with van der Waals surface area (Å²) in [6.45, 7) is 2.95. The van der Waals surface area contributed by atoms with Crippen LogP contribution in [-0.4, -0.2) is 47.5 Å². The van der Waals surface area contributed by atoms with Crippen LogP contribution in [0, 0.1) is 5.92 Å². The summed E-state index contributed by atoms with van der Waals surface area (Å²) < 4.78 is 8.90. The molecule has 0 radical (unpaired) electrons. The van der Waals surface area contributed by atoms with Gasteiger partial charge in [-0.25, -0.2) is 4.79 Å². The molecule has 1 saturated heterocycles. The second-order valence-corrected chi connectivity index (χ2v) is 9.94. The van der Waals surface area contributed by atoms with E-state index in [0.717, 1.165) is 41.0 Å². The Balaban J connectivity index is 1.48. The fourth-order valence-electron chi connectivity index (χ4n) is 4.15. The van der Waals surface area contributed by atoms with Gasteiger partial charge in [0.2, 0.25) is 0 Å². The van der Waals surface area contributed by atoms with Gasteiger partial charge in [0.1, 0.15) is 5.75 Å². The number of halogens is 2. The van der Waals surface area contributed by atoms with Gasteiger partial charge >= 0.3 is 6.03 Å². The van der Waals surface area contributed by atoms with Crippen LogP contribution in [0.25, 0.3) is 11.3 Å². The number of likely N-dealkylation sites (tertiary alicyclic amines) is 1. The van der Waals surface area contributed by atoms with Crippen LogP contribution in [0.1, 0.15) is 19.3 Å². The van der Waals surface area contributed by atoms with Crippen molar-refractivity contribution in [3.05, 3.63) is 58.2 Å². The summed E-state index contributed by atoms with van der Waals surface area (Å²) >= 11 is 9.51.